The average Bonchev–Trinajstić information content (AvgIpc) is 3.08. The summed E-state index contributed by atoms with van der Waals surface area (Å²) in [6, 6.07) is 5.05. The van der Waals surface area contributed by atoms with Crippen molar-refractivity contribution in [1.82, 2.24) is 0 Å². The molecule has 0 bridgehead atoms. The molecule has 2 rings (SSSR count). The Morgan fingerprint density at radius 2 is 2.12 bits per heavy atom. The minimum Gasteiger partial charge on any atom is -0.496 e. The summed E-state index contributed by atoms with van der Waals surface area (Å²) in [6.07, 6.45) is -0.748. The summed E-state index contributed by atoms with van der Waals surface area (Å²) in [4.78, 5) is 0. The Morgan fingerprint density at radius 1 is 1.44 bits per heavy atom. The number of rotatable bonds is 4. The van der Waals surface area contributed by atoms with Crippen molar-refractivity contribution in [3.05, 3.63) is 29.3 Å². The SMILES string of the molecule is COc1cccc(C2(CN)CC2)c1C(F)F. The maximum Gasteiger partial charge on any atom is 0.267 e. The van der Waals surface area contributed by atoms with Gasteiger partial charge in [-0.3, -0.25) is 0 Å². The molecule has 1 saturated carbocycles. The third-order valence-corrected chi connectivity index (χ3v) is 3.32. The van der Waals surface area contributed by atoms with Gasteiger partial charge in [-0.25, -0.2) is 8.78 Å². The van der Waals surface area contributed by atoms with Crippen LogP contribution in [0.25, 0.3) is 0 Å². The van der Waals surface area contributed by atoms with Crippen molar-refractivity contribution in [3.8, 4) is 5.75 Å². The molecule has 1 fully saturated rings. The fourth-order valence-corrected chi connectivity index (χ4v) is 2.14. The lowest BCUT2D eigenvalue weighted by Gasteiger charge is -2.19. The molecule has 1 aliphatic carbocycles. The molecule has 16 heavy (non-hydrogen) atoms. The van der Waals surface area contributed by atoms with E-state index in [-0.39, 0.29) is 16.7 Å². The van der Waals surface area contributed by atoms with Gasteiger partial charge in [0.15, 0.2) is 0 Å². The average molecular weight is 227 g/mol. The normalized spacial score (nSPS) is 17.6. The van der Waals surface area contributed by atoms with Gasteiger partial charge in [0.05, 0.1) is 12.7 Å². The van der Waals surface area contributed by atoms with E-state index in [9.17, 15) is 8.78 Å². The van der Waals surface area contributed by atoms with E-state index in [4.69, 9.17) is 10.5 Å². The number of alkyl halides is 2. The predicted molar refractivity (Wildman–Crippen MR) is 57.9 cm³/mol. The molecule has 1 aromatic carbocycles. The van der Waals surface area contributed by atoms with Crippen LogP contribution < -0.4 is 10.5 Å². The van der Waals surface area contributed by atoms with E-state index in [1.54, 1.807) is 18.2 Å². The monoisotopic (exact) mass is 227 g/mol. The van der Waals surface area contributed by atoms with Crippen LogP contribution in [-0.2, 0) is 5.41 Å². The Morgan fingerprint density at radius 3 is 2.56 bits per heavy atom. The first kappa shape index (κ1) is 11.3. The molecule has 0 radical (unpaired) electrons. The van der Waals surface area contributed by atoms with Gasteiger partial charge < -0.3 is 10.5 Å². The highest BCUT2D eigenvalue weighted by Gasteiger charge is 2.45. The minimum atomic E-state index is -2.52. The highest BCUT2D eigenvalue weighted by molar-refractivity contribution is 5.47. The van der Waals surface area contributed by atoms with Crippen molar-refractivity contribution in [3.63, 3.8) is 0 Å². The summed E-state index contributed by atoms with van der Waals surface area (Å²) in [5.74, 6) is 0.257. The first-order chi connectivity index (χ1) is 7.64. The number of hydrogen-bond donors (Lipinski definition) is 1. The van der Waals surface area contributed by atoms with Crippen LogP contribution in [0.5, 0.6) is 5.75 Å². The summed E-state index contributed by atoms with van der Waals surface area (Å²) >= 11 is 0. The fourth-order valence-electron chi connectivity index (χ4n) is 2.14. The van der Waals surface area contributed by atoms with Gasteiger partial charge in [-0.05, 0) is 24.5 Å². The maximum absolute atomic E-state index is 13.0. The van der Waals surface area contributed by atoms with Gasteiger partial charge >= 0.3 is 0 Å². The van der Waals surface area contributed by atoms with Gasteiger partial charge in [0.1, 0.15) is 5.75 Å². The van der Waals surface area contributed by atoms with Gasteiger partial charge in [0, 0.05) is 12.0 Å². The Balaban J connectivity index is 2.52. The van der Waals surface area contributed by atoms with Crippen LogP contribution in [0.1, 0.15) is 30.4 Å². The molecular formula is C12H15F2NO. The molecule has 0 aliphatic heterocycles. The molecule has 2 N–H and O–H groups in total. The van der Waals surface area contributed by atoms with Crippen molar-refractivity contribution < 1.29 is 13.5 Å². The van der Waals surface area contributed by atoms with E-state index < -0.39 is 6.43 Å². The molecule has 0 amide bonds. The van der Waals surface area contributed by atoms with E-state index in [0.717, 1.165) is 12.8 Å². The summed E-state index contributed by atoms with van der Waals surface area (Å²) in [5.41, 5.74) is 6.10. The van der Waals surface area contributed by atoms with Crippen LogP contribution >= 0.6 is 0 Å². The first-order valence-electron chi connectivity index (χ1n) is 5.30. The highest BCUT2D eigenvalue weighted by atomic mass is 19.3. The topological polar surface area (TPSA) is 35.2 Å². The van der Waals surface area contributed by atoms with Crippen LogP contribution in [-0.4, -0.2) is 13.7 Å². The quantitative estimate of drug-likeness (QED) is 0.858. The number of ether oxygens (including phenoxy) is 1. The van der Waals surface area contributed by atoms with Gasteiger partial charge in [-0.2, -0.15) is 0 Å². The lowest BCUT2D eigenvalue weighted by atomic mass is 9.91. The second-order valence-electron chi connectivity index (χ2n) is 4.21. The lowest BCUT2D eigenvalue weighted by molar-refractivity contribution is 0.145. The van der Waals surface area contributed by atoms with E-state index in [1.807, 2.05) is 0 Å². The van der Waals surface area contributed by atoms with Crippen LogP contribution in [0, 0.1) is 0 Å². The number of hydrogen-bond acceptors (Lipinski definition) is 2. The third kappa shape index (κ3) is 1.67. The number of methoxy groups -OCH3 is 1. The summed E-state index contributed by atoms with van der Waals surface area (Å²) < 4.78 is 31.1. The van der Waals surface area contributed by atoms with Crippen molar-refractivity contribution in [2.75, 3.05) is 13.7 Å². The highest BCUT2D eigenvalue weighted by Crippen LogP contribution is 2.51. The summed E-state index contributed by atoms with van der Waals surface area (Å²) in [7, 11) is 1.41. The number of nitrogens with two attached hydrogens (primary N) is 1. The van der Waals surface area contributed by atoms with Gasteiger partial charge in [-0.1, -0.05) is 12.1 Å². The zero-order chi connectivity index (χ0) is 11.8. The molecule has 1 aromatic rings. The Hall–Kier alpha value is -1.16. The van der Waals surface area contributed by atoms with Crippen LogP contribution in [0.4, 0.5) is 8.78 Å². The lowest BCUT2D eigenvalue weighted by Crippen LogP contribution is -2.21. The largest absolute Gasteiger partial charge is 0.496 e. The first-order valence-corrected chi connectivity index (χ1v) is 5.30. The molecule has 0 unspecified atom stereocenters. The maximum atomic E-state index is 13.0. The molecular weight excluding hydrogens is 212 g/mol. The smallest absolute Gasteiger partial charge is 0.267 e. The Labute approximate surface area is 93.4 Å². The van der Waals surface area contributed by atoms with Crippen LogP contribution in [0.2, 0.25) is 0 Å². The molecule has 0 saturated heterocycles. The van der Waals surface area contributed by atoms with Crippen LogP contribution in [0.15, 0.2) is 18.2 Å². The molecule has 88 valence electrons. The fraction of sp³-hybridized carbons (Fsp3) is 0.500. The van der Waals surface area contributed by atoms with E-state index in [0.29, 0.717) is 12.1 Å². The van der Waals surface area contributed by atoms with Gasteiger partial charge in [-0.15, -0.1) is 0 Å². The number of benzene rings is 1. The molecule has 0 heterocycles. The standard InChI is InChI=1S/C12H15F2NO/c1-16-9-4-2-3-8(10(9)11(13)14)12(7-15)5-6-12/h2-4,11H,5-7,15H2,1H3. The van der Waals surface area contributed by atoms with Gasteiger partial charge in [0.25, 0.3) is 6.43 Å². The summed E-state index contributed by atoms with van der Waals surface area (Å²) in [5, 5.41) is 0. The minimum absolute atomic E-state index is 0.00736. The second kappa shape index (κ2) is 4.01. The third-order valence-electron chi connectivity index (χ3n) is 3.32. The predicted octanol–water partition coefficient (Wildman–Crippen LogP) is 2.62. The van der Waals surface area contributed by atoms with Crippen molar-refractivity contribution in [2.45, 2.75) is 24.7 Å². The van der Waals surface area contributed by atoms with Gasteiger partial charge in [0.2, 0.25) is 0 Å². The molecule has 0 atom stereocenters. The van der Waals surface area contributed by atoms with Crippen molar-refractivity contribution in [2.24, 2.45) is 5.73 Å². The molecule has 0 spiro atoms. The second-order valence-corrected chi connectivity index (χ2v) is 4.21. The van der Waals surface area contributed by atoms with Crippen molar-refractivity contribution >= 4 is 0 Å². The zero-order valence-electron chi connectivity index (χ0n) is 9.17. The Bertz CT molecular complexity index is 389. The summed E-state index contributed by atoms with van der Waals surface area (Å²) in [6.45, 7) is 0.417. The van der Waals surface area contributed by atoms with E-state index in [1.165, 1.54) is 7.11 Å². The van der Waals surface area contributed by atoms with Crippen LogP contribution in [0.3, 0.4) is 0 Å². The molecule has 1 aliphatic rings. The van der Waals surface area contributed by atoms with E-state index in [2.05, 4.69) is 0 Å². The zero-order valence-corrected chi connectivity index (χ0v) is 9.17. The van der Waals surface area contributed by atoms with E-state index >= 15 is 0 Å². The molecule has 4 heteroatoms. The molecule has 0 aromatic heterocycles. The Kier molecular flexibility index (Phi) is 2.84. The molecule has 2 nitrogen and oxygen atoms in total. The number of halogens is 2. The van der Waals surface area contributed by atoms with Crippen molar-refractivity contribution in [1.29, 1.82) is 0 Å².